The lowest BCUT2D eigenvalue weighted by Crippen LogP contribution is -2.35. The van der Waals surface area contributed by atoms with Crippen LogP contribution in [0, 0.1) is 11.3 Å². The molecule has 0 bridgehead atoms. The number of carbonyl (C=O) groups is 1. The Bertz CT molecular complexity index is 733. The molecule has 116 valence electrons. The Morgan fingerprint density at radius 3 is 2.91 bits per heavy atom. The van der Waals surface area contributed by atoms with E-state index in [4.69, 9.17) is 5.26 Å². The molecule has 1 aromatic heterocycles. The van der Waals surface area contributed by atoms with Gasteiger partial charge in [-0.2, -0.15) is 5.26 Å². The summed E-state index contributed by atoms with van der Waals surface area (Å²) in [6.07, 6.45) is 4.23. The normalized spacial score (nSPS) is 14.4. The number of rotatable bonds is 4. The first-order valence-electron chi connectivity index (χ1n) is 7.75. The van der Waals surface area contributed by atoms with Gasteiger partial charge in [-0.15, -0.1) is 0 Å². The summed E-state index contributed by atoms with van der Waals surface area (Å²) < 4.78 is 0. The number of nitrogens with zero attached hydrogens (tertiary/aromatic N) is 3. The van der Waals surface area contributed by atoms with Crippen LogP contribution >= 0.6 is 0 Å². The molecular weight excluding hydrogens is 288 g/mol. The van der Waals surface area contributed by atoms with Gasteiger partial charge in [-0.25, -0.2) is 4.98 Å². The average Bonchev–Trinajstić information content (AvgIpc) is 2.61. The van der Waals surface area contributed by atoms with Gasteiger partial charge < -0.3 is 10.2 Å². The second kappa shape index (κ2) is 6.93. The van der Waals surface area contributed by atoms with Gasteiger partial charge in [0.05, 0.1) is 5.56 Å². The zero-order chi connectivity index (χ0) is 16.1. The molecule has 0 atom stereocenters. The highest BCUT2D eigenvalue weighted by atomic mass is 16.2. The maximum atomic E-state index is 12.0. The molecule has 1 aliphatic rings. The minimum Gasteiger partial charge on any atom is -0.366 e. The number of benzene rings is 1. The number of nitriles is 1. The van der Waals surface area contributed by atoms with Crippen molar-refractivity contribution in [2.24, 2.45) is 0 Å². The Kier molecular flexibility index (Phi) is 4.53. The summed E-state index contributed by atoms with van der Waals surface area (Å²) in [5, 5.41) is 12.0. The molecule has 1 saturated heterocycles. The van der Waals surface area contributed by atoms with Crippen LogP contribution in [0.5, 0.6) is 0 Å². The molecule has 0 aliphatic carbocycles. The van der Waals surface area contributed by atoms with Crippen molar-refractivity contribution in [2.45, 2.75) is 25.8 Å². The van der Waals surface area contributed by atoms with E-state index in [2.05, 4.69) is 10.3 Å². The second-order valence-electron chi connectivity index (χ2n) is 5.57. The highest BCUT2D eigenvalue weighted by Crippen LogP contribution is 2.22. The highest BCUT2D eigenvalue weighted by Gasteiger charge is 2.19. The number of piperidine rings is 1. The molecule has 23 heavy (non-hydrogen) atoms. The lowest BCUT2D eigenvalue weighted by Gasteiger charge is -2.27. The standard InChI is InChI=1S/C18H18N4O/c19-11-15-7-8-17(21-13-15)20-12-14-4-3-5-16(10-14)22-9-2-1-6-18(22)23/h3-5,7-8,10,13H,1-2,6,9,12H2,(H,20,21). The molecule has 0 spiro atoms. The first-order chi connectivity index (χ1) is 11.3. The predicted octanol–water partition coefficient (Wildman–Crippen LogP) is 3.08. The third-order valence-electron chi connectivity index (χ3n) is 3.91. The van der Waals surface area contributed by atoms with Crippen molar-refractivity contribution in [3.63, 3.8) is 0 Å². The second-order valence-corrected chi connectivity index (χ2v) is 5.57. The van der Waals surface area contributed by atoms with Crippen LogP contribution < -0.4 is 10.2 Å². The Morgan fingerprint density at radius 2 is 2.17 bits per heavy atom. The SMILES string of the molecule is N#Cc1ccc(NCc2cccc(N3CCCCC3=O)c2)nc1. The molecule has 1 aromatic carbocycles. The number of pyridine rings is 1. The van der Waals surface area contributed by atoms with Gasteiger partial charge in [0, 0.05) is 31.4 Å². The van der Waals surface area contributed by atoms with Crippen molar-refractivity contribution in [3.05, 3.63) is 53.7 Å². The fourth-order valence-electron chi connectivity index (χ4n) is 2.67. The van der Waals surface area contributed by atoms with E-state index < -0.39 is 0 Å². The van der Waals surface area contributed by atoms with Crippen LogP contribution in [0.1, 0.15) is 30.4 Å². The lowest BCUT2D eigenvalue weighted by atomic mass is 10.1. The molecule has 0 radical (unpaired) electrons. The minimum absolute atomic E-state index is 0.204. The summed E-state index contributed by atoms with van der Waals surface area (Å²) in [5.41, 5.74) is 2.59. The Labute approximate surface area is 135 Å². The number of amides is 1. The number of aromatic nitrogens is 1. The molecule has 2 aromatic rings. The van der Waals surface area contributed by atoms with Gasteiger partial charge in [0.25, 0.3) is 0 Å². The summed E-state index contributed by atoms with van der Waals surface area (Å²) in [6.45, 7) is 1.42. The maximum Gasteiger partial charge on any atom is 0.226 e. The van der Waals surface area contributed by atoms with Crippen LogP contribution in [-0.4, -0.2) is 17.4 Å². The molecule has 5 heteroatoms. The van der Waals surface area contributed by atoms with E-state index in [1.54, 1.807) is 18.3 Å². The Hall–Kier alpha value is -2.87. The molecular formula is C18H18N4O. The third-order valence-corrected chi connectivity index (χ3v) is 3.91. The van der Waals surface area contributed by atoms with E-state index in [1.807, 2.05) is 35.2 Å². The van der Waals surface area contributed by atoms with Gasteiger partial charge in [0.2, 0.25) is 5.91 Å². The summed E-state index contributed by atoms with van der Waals surface area (Å²) in [4.78, 5) is 18.1. The minimum atomic E-state index is 0.204. The molecule has 1 amide bonds. The summed E-state index contributed by atoms with van der Waals surface area (Å²) in [6, 6.07) is 13.6. The van der Waals surface area contributed by atoms with E-state index in [0.717, 1.165) is 36.5 Å². The number of anilines is 2. The van der Waals surface area contributed by atoms with E-state index in [9.17, 15) is 4.79 Å². The van der Waals surface area contributed by atoms with E-state index in [1.165, 1.54) is 0 Å². The van der Waals surface area contributed by atoms with Gasteiger partial charge in [-0.05, 0) is 42.7 Å². The predicted molar refractivity (Wildman–Crippen MR) is 88.9 cm³/mol. The van der Waals surface area contributed by atoms with Crippen molar-refractivity contribution in [1.29, 1.82) is 5.26 Å². The van der Waals surface area contributed by atoms with Crippen LogP contribution in [0.25, 0.3) is 0 Å². The van der Waals surface area contributed by atoms with Crippen molar-refractivity contribution < 1.29 is 4.79 Å². The topological polar surface area (TPSA) is 69.0 Å². The smallest absolute Gasteiger partial charge is 0.226 e. The van der Waals surface area contributed by atoms with Crippen molar-refractivity contribution >= 4 is 17.4 Å². The number of nitrogens with one attached hydrogen (secondary N) is 1. The molecule has 1 aliphatic heterocycles. The zero-order valence-corrected chi connectivity index (χ0v) is 12.8. The van der Waals surface area contributed by atoms with E-state index >= 15 is 0 Å². The van der Waals surface area contributed by atoms with Gasteiger partial charge in [0.1, 0.15) is 11.9 Å². The first-order valence-corrected chi connectivity index (χ1v) is 7.75. The maximum absolute atomic E-state index is 12.0. The lowest BCUT2D eigenvalue weighted by molar-refractivity contribution is -0.119. The first kappa shape index (κ1) is 15.0. The summed E-state index contributed by atoms with van der Waals surface area (Å²) >= 11 is 0. The highest BCUT2D eigenvalue weighted by molar-refractivity contribution is 5.94. The van der Waals surface area contributed by atoms with Crippen LogP contribution in [0.4, 0.5) is 11.5 Å². The largest absolute Gasteiger partial charge is 0.366 e. The Morgan fingerprint density at radius 1 is 1.26 bits per heavy atom. The van der Waals surface area contributed by atoms with Crippen LogP contribution in [-0.2, 0) is 11.3 Å². The number of hydrogen-bond acceptors (Lipinski definition) is 4. The van der Waals surface area contributed by atoms with Crippen molar-refractivity contribution in [3.8, 4) is 6.07 Å². The monoisotopic (exact) mass is 306 g/mol. The number of carbonyl (C=O) groups excluding carboxylic acids is 1. The van der Waals surface area contributed by atoms with Crippen LogP contribution in [0.3, 0.4) is 0 Å². The van der Waals surface area contributed by atoms with Crippen molar-refractivity contribution in [2.75, 3.05) is 16.8 Å². The molecule has 5 nitrogen and oxygen atoms in total. The van der Waals surface area contributed by atoms with Crippen molar-refractivity contribution in [1.82, 2.24) is 4.98 Å². The molecule has 2 heterocycles. The van der Waals surface area contributed by atoms with E-state index in [0.29, 0.717) is 18.5 Å². The fourth-order valence-corrected chi connectivity index (χ4v) is 2.67. The van der Waals surface area contributed by atoms with Gasteiger partial charge >= 0.3 is 0 Å². The van der Waals surface area contributed by atoms with Crippen LogP contribution in [0.2, 0.25) is 0 Å². The molecule has 1 N–H and O–H groups in total. The molecule has 0 saturated carbocycles. The van der Waals surface area contributed by atoms with Gasteiger partial charge in [0.15, 0.2) is 0 Å². The summed E-state index contributed by atoms with van der Waals surface area (Å²) in [5.74, 6) is 0.929. The van der Waals surface area contributed by atoms with Gasteiger partial charge in [-0.1, -0.05) is 12.1 Å². The Balaban J connectivity index is 1.67. The third kappa shape index (κ3) is 3.67. The molecule has 0 unspecified atom stereocenters. The molecule has 3 rings (SSSR count). The molecule has 1 fully saturated rings. The number of hydrogen-bond donors (Lipinski definition) is 1. The summed E-state index contributed by atoms with van der Waals surface area (Å²) in [7, 11) is 0. The average molecular weight is 306 g/mol. The van der Waals surface area contributed by atoms with Crippen LogP contribution in [0.15, 0.2) is 42.6 Å². The zero-order valence-electron chi connectivity index (χ0n) is 12.8. The van der Waals surface area contributed by atoms with E-state index in [-0.39, 0.29) is 5.91 Å². The quantitative estimate of drug-likeness (QED) is 0.942. The fraction of sp³-hybridized carbons (Fsp3) is 0.278. The van der Waals surface area contributed by atoms with Gasteiger partial charge in [-0.3, -0.25) is 4.79 Å².